The fraction of sp³-hybridized carbons (Fsp3) is 0.692. The first-order valence-electron chi connectivity index (χ1n) is 6.85. The van der Waals surface area contributed by atoms with E-state index in [1.165, 1.54) is 0 Å². The van der Waals surface area contributed by atoms with E-state index in [1.54, 1.807) is 6.92 Å². The van der Waals surface area contributed by atoms with Gasteiger partial charge in [-0.3, -0.25) is 4.79 Å². The Kier molecular flexibility index (Phi) is 4.36. The molecule has 0 aromatic carbocycles. The summed E-state index contributed by atoms with van der Waals surface area (Å²) < 4.78 is 4.92. The van der Waals surface area contributed by atoms with E-state index in [9.17, 15) is 14.7 Å². The molecule has 1 aliphatic carbocycles. The molecule has 1 aromatic rings. The van der Waals surface area contributed by atoms with Crippen LogP contribution in [-0.2, 0) is 16.0 Å². The number of carbonyl (C=O) groups excluding carboxylic acids is 1. The molecule has 1 aliphatic rings. The van der Waals surface area contributed by atoms with E-state index in [0.29, 0.717) is 31.0 Å². The summed E-state index contributed by atoms with van der Waals surface area (Å²) in [6.45, 7) is 1.70. The molecule has 110 valence electrons. The molecule has 1 aromatic heterocycles. The van der Waals surface area contributed by atoms with Gasteiger partial charge in [-0.2, -0.15) is 4.98 Å². The maximum Gasteiger partial charge on any atom is 0.329 e. The van der Waals surface area contributed by atoms with Crippen molar-refractivity contribution in [3.63, 3.8) is 0 Å². The summed E-state index contributed by atoms with van der Waals surface area (Å²) in [5, 5.41) is 15.7. The molecule has 1 heterocycles. The molecule has 20 heavy (non-hydrogen) atoms. The Morgan fingerprint density at radius 3 is 2.60 bits per heavy atom. The molecule has 1 fully saturated rings. The van der Waals surface area contributed by atoms with Gasteiger partial charge < -0.3 is 14.9 Å². The van der Waals surface area contributed by atoms with Gasteiger partial charge in [0.15, 0.2) is 5.82 Å². The molecule has 1 saturated carbocycles. The molecule has 0 atom stereocenters. The fourth-order valence-corrected chi connectivity index (χ4v) is 2.54. The molecule has 2 rings (SSSR count). The third-order valence-electron chi connectivity index (χ3n) is 3.63. The minimum atomic E-state index is -1.10. The molecule has 0 radical (unpaired) electrons. The van der Waals surface area contributed by atoms with Gasteiger partial charge in [0.2, 0.25) is 11.8 Å². The number of hydrogen-bond donors (Lipinski definition) is 2. The van der Waals surface area contributed by atoms with Gasteiger partial charge in [0.25, 0.3) is 0 Å². The molecule has 0 aliphatic heterocycles. The smallest absolute Gasteiger partial charge is 0.329 e. The highest BCUT2D eigenvalue weighted by atomic mass is 16.5. The monoisotopic (exact) mass is 281 g/mol. The van der Waals surface area contributed by atoms with Crippen LogP contribution in [0, 0.1) is 6.92 Å². The van der Waals surface area contributed by atoms with E-state index in [1.807, 2.05) is 0 Å². The molecule has 0 unspecified atom stereocenters. The SMILES string of the molecule is Cc1noc(CCC(=O)NC2(C(=O)O)CCCCC2)n1. The summed E-state index contributed by atoms with van der Waals surface area (Å²) in [7, 11) is 0. The van der Waals surface area contributed by atoms with Crippen LogP contribution in [0.3, 0.4) is 0 Å². The predicted molar refractivity (Wildman–Crippen MR) is 69.0 cm³/mol. The zero-order valence-corrected chi connectivity index (χ0v) is 11.5. The number of amides is 1. The van der Waals surface area contributed by atoms with E-state index >= 15 is 0 Å². The Morgan fingerprint density at radius 2 is 2.05 bits per heavy atom. The largest absolute Gasteiger partial charge is 0.480 e. The summed E-state index contributed by atoms with van der Waals surface area (Å²) in [6.07, 6.45) is 4.14. The van der Waals surface area contributed by atoms with Crippen molar-refractivity contribution in [1.29, 1.82) is 0 Å². The second-order valence-electron chi connectivity index (χ2n) is 5.23. The Hall–Kier alpha value is -1.92. The summed E-state index contributed by atoms with van der Waals surface area (Å²) >= 11 is 0. The Morgan fingerprint density at radius 1 is 1.35 bits per heavy atom. The van der Waals surface area contributed by atoms with E-state index < -0.39 is 11.5 Å². The minimum Gasteiger partial charge on any atom is -0.480 e. The van der Waals surface area contributed by atoms with Crippen LogP contribution in [-0.4, -0.2) is 32.7 Å². The number of nitrogens with one attached hydrogen (secondary N) is 1. The van der Waals surface area contributed by atoms with Crippen LogP contribution in [0.15, 0.2) is 4.52 Å². The Bertz CT molecular complexity index is 492. The van der Waals surface area contributed by atoms with E-state index in [0.717, 1.165) is 19.3 Å². The fourth-order valence-electron chi connectivity index (χ4n) is 2.54. The number of carbonyl (C=O) groups is 2. The standard InChI is InChI=1S/C13H19N3O4/c1-9-14-11(20-16-9)6-5-10(17)15-13(12(18)19)7-3-2-4-8-13/h2-8H2,1H3,(H,15,17)(H,18,19). The van der Waals surface area contributed by atoms with E-state index in [4.69, 9.17) is 4.52 Å². The number of carboxylic acids is 1. The molecule has 1 amide bonds. The number of aliphatic carboxylic acids is 1. The average molecular weight is 281 g/mol. The number of aryl methyl sites for hydroxylation is 2. The zero-order valence-electron chi connectivity index (χ0n) is 11.5. The Balaban J connectivity index is 1.90. The maximum atomic E-state index is 11.9. The van der Waals surface area contributed by atoms with Gasteiger partial charge in [-0.25, -0.2) is 4.79 Å². The number of rotatable bonds is 5. The Labute approximate surface area is 116 Å². The van der Waals surface area contributed by atoms with Crippen molar-refractivity contribution in [2.24, 2.45) is 0 Å². The average Bonchev–Trinajstić information content (AvgIpc) is 2.83. The second kappa shape index (κ2) is 6.02. The van der Waals surface area contributed by atoms with Gasteiger partial charge in [-0.15, -0.1) is 0 Å². The molecule has 2 N–H and O–H groups in total. The van der Waals surface area contributed by atoms with Crippen LogP contribution >= 0.6 is 0 Å². The maximum absolute atomic E-state index is 11.9. The lowest BCUT2D eigenvalue weighted by molar-refractivity contribution is -0.149. The van der Waals surface area contributed by atoms with Crippen molar-refractivity contribution >= 4 is 11.9 Å². The predicted octanol–water partition coefficient (Wildman–Crippen LogP) is 1.21. The topological polar surface area (TPSA) is 105 Å². The first-order valence-corrected chi connectivity index (χ1v) is 6.85. The van der Waals surface area contributed by atoms with Crippen molar-refractivity contribution < 1.29 is 19.2 Å². The first kappa shape index (κ1) is 14.5. The van der Waals surface area contributed by atoms with Crippen LogP contribution in [0.4, 0.5) is 0 Å². The minimum absolute atomic E-state index is 0.149. The molecular formula is C13H19N3O4. The van der Waals surface area contributed by atoms with Crippen LogP contribution < -0.4 is 5.32 Å². The van der Waals surface area contributed by atoms with Crippen molar-refractivity contribution in [2.75, 3.05) is 0 Å². The highest BCUT2D eigenvalue weighted by Crippen LogP contribution is 2.28. The van der Waals surface area contributed by atoms with Gasteiger partial charge in [-0.05, 0) is 19.8 Å². The van der Waals surface area contributed by atoms with Crippen LogP contribution in [0.5, 0.6) is 0 Å². The van der Waals surface area contributed by atoms with E-state index in [2.05, 4.69) is 15.5 Å². The van der Waals surface area contributed by atoms with Gasteiger partial charge in [0.05, 0.1) is 0 Å². The van der Waals surface area contributed by atoms with Crippen molar-refractivity contribution in [1.82, 2.24) is 15.5 Å². The molecule has 7 nitrogen and oxygen atoms in total. The third-order valence-corrected chi connectivity index (χ3v) is 3.63. The van der Waals surface area contributed by atoms with Gasteiger partial charge >= 0.3 is 5.97 Å². The molecule has 0 spiro atoms. The van der Waals surface area contributed by atoms with Gasteiger partial charge in [-0.1, -0.05) is 24.4 Å². The summed E-state index contributed by atoms with van der Waals surface area (Å²) in [4.78, 5) is 27.4. The van der Waals surface area contributed by atoms with Crippen LogP contribution in [0.25, 0.3) is 0 Å². The molecule has 7 heteroatoms. The number of hydrogen-bond acceptors (Lipinski definition) is 5. The molecule has 0 saturated heterocycles. The van der Waals surface area contributed by atoms with Gasteiger partial charge in [0, 0.05) is 12.8 Å². The highest BCUT2D eigenvalue weighted by Gasteiger charge is 2.40. The molecule has 0 bridgehead atoms. The number of aromatic nitrogens is 2. The van der Waals surface area contributed by atoms with Crippen LogP contribution in [0.2, 0.25) is 0 Å². The number of carboxylic acid groups (broad SMARTS) is 1. The van der Waals surface area contributed by atoms with Crippen molar-refractivity contribution in [3.05, 3.63) is 11.7 Å². The zero-order chi connectivity index (χ0) is 14.6. The number of nitrogens with zero attached hydrogens (tertiary/aromatic N) is 2. The van der Waals surface area contributed by atoms with Crippen LogP contribution in [0.1, 0.15) is 50.2 Å². The normalized spacial score (nSPS) is 17.6. The quantitative estimate of drug-likeness (QED) is 0.840. The van der Waals surface area contributed by atoms with Crippen molar-refractivity contribution in [2.45, 2.75) is 57.4 Å². The highest BCUT2D eigenvalue weighted by molar-refractivity contribution is 5.87. The third kappa shape index (κ3) is 3.34. The lowest BCUT2D eigenvalue weighted by Crippen LogP contribution is -2.55. The van der Waals surface area contributed by atoms with E-state index in [-0.39, 0.29) is 12.3 Å². The lowest BCUT2D eigenvalue weighted by Gasteiger charge is -2.33. The van der Waals surface area contributed by atoms with Gasteiger partial charge in [0.1, 0.15) is 5.54 Å². The summed E-state index contributed by atoms with van der Waals surface area (Å²) in [6, 6.07) is 0. The van der Waals surface area contributed by atoms with Crippen molar-refractivity contribution in [3.8, 4) is 0 Å². The lowest BCUT2D eigenvalue weighted by atomic mass is 9.81. The summed E-state index contributed by atoms with van der Waals surface area (Å²) in [5.74, 6) is -0.315. The summed E-state index contributed by atoms with van der Waals surface area (Å²) in [5.41, 5.74) is -1.10. The second-order valence-corrected chi connectivity index (χ2v) is 5.23. The molecular weight excluding hydrogens is 262 g/mol. The first-order chi connectivity index (χ1) is 9.52.